The predicted molar refractivity (Wildman–Crippen MR) is 110 cm³/mol. The number of carbonyl (C=O) groups is 2. The third kappa shape index (κ3) is 4.98. The van der Waals surface area contributed by atoms with Gasteiger partial charge in [-0.2, -0.15) is 4.31 Å². The van der Waals surface area contributed by atoms with E-state index in [4.69, 9.17) is 5.73 Å². The Morgan fingerprint density at radius 3 is 2.28 bits per heavy atom. The van der Waals surface area contributed by atoms with Crippen LogP contribution in [-0.4, -0.2) is 55.6 Å². The molecular weight excluding hydrogens is 390 g/mol. The molecule has 2 atom stereocenters. The second-order valence-corrected chi connectivity index (χ2v) is 10.1. The maximum Gasteiger partial charge on any atom is 0.243 e. The van der Waals surface area contributed by atoms with Gasteiger partial charge in [-0.05, 0) is 43.2 Å². The van der Waals surface area contributed by atoms with Crippen LogP contribution in [0.1, 0.15) is 39.0 Å². The van der Waals surface area contributed by atoms with Gasteiger partial charge in [0.2, 0.25) is 21.8 Å². The molecule has 2 fully saturated rings. The zero-order valence-electron chi connectivity index (χ0n) is 17.0. The highest BCUT2D eigenvalue weighted by atomic mass is 32.2. The molecule has 7 nitrogen and oxygen atoms in total. The molecule has 2 aliphatic heterocycles. The van der Waals surface area contributed by atoms with E-state index in [-0.39, 0.29) is 29.6 Å². The van der Waals surface area contributed by atoms with Crippen molar-refractivity contribution in [2.45, 2.75) is 43.9 Å². The van der Waals surface area contributed by atoms with Gasteiger partial charge in [0, 0.05) is 38.5 Å². The Kier molecular flexibility index (Phi) is 6.95. The van der Waals surface area contributed by atoms with E-state index in [2.05, 4.69) is 6.92 Å². The zero-order chi connectivity index (χ0) is 21.0. The molecule has 2 N–H and O–H groups in total. The number of amides is 2. The van der Waals surface area contributed by atoms with E-state index in [1.165, 1.54) is 0 Å². The number of benzene rings is 1. The summed E-state index contributed by atoms with van der Waals surface area (Å²) in [7, 11) is -3.50. The minimum atomic E-state index is -3.50. The molecule has 2 aliphatic rings. The van der Waals surface area contributed by atoms with Gasteiger partial charge in [-0.25, -0.2) is 8.42 Å². The number of hydrogen-bond donors (Lipinski definition) is 1. The van der Waals surface area contributed by atoms with Gasteiger partial charge < -0.3 is 10.6 Å². The first-order chi connectivity index (χ1) is 13.8. The van der Waals surface area contributed by atoms with Gasteiger partial charge >= 0.3 is 0 Å². The number of piperidine rings is 2. The molecule has 1 aromatic rings. The van der Waals surface area contributed by atoms with E-state index >= 15 is 0 Å². The molecular formula is C21H31N3O4S. The van der Waals surface area contributed by atoms with Crippen molar-refractivity contribution >= 4 is 21.8 Å². The fraction of sp³-hybridized carbons (Fsp3) is 0.619. The van der Waals surface area contributed by atoms with Gasteiger partial charge in [0.1, 0.15) is 0 Å². The molecule has 160 valence electrons. The van der Waals surface area contributed by atoms with Gasteiger partial charge in [0.25, 0.3) is 0 Å². The fourth-order valence-corrected chi connectivity index (χ4v) is 6.04. The lowest BCUT2D eigenvalue weighted by Crippen LogP contribution is -2.46. The highest BCUT2D eigenvalue weighted by Gasteiger charge is 2.36. The molecule has 29 heavy (non-hydrogen) atoms. The minimum Gasteiger partial charge on any atom is -0.369 e. The highest BCUT2D eigenvalue weighted by Crippen LogP contribution is 2.33. The Morgan fingerprint density at radius 1 is 1.03 bits per heavy atom. The number of rotatable bonds is 6. The third-order valence-corrected chi connectivity index (χ3v) is 8.33. The predicted octanol–water partition coefficient (Wildman–Crippen LogP) is 1.84. The fourth-order valence-electron chi connectivity index (χ4n) is 4.51. The molecule has 0 aliphatic carbocycles. The summed E-state index contributed by atoms with van der Waals surface area (Å²) in [5.74, 6) is 0.0395. The van der Waals surface area contributed by atoms with Crippen molar-refractivity contribution in [3.8, 4) is 0 Å². The number of primary amides is 1. The van der Waals surface area contributed by atoms with E-state index in [0.717, 1.165) is 6.42 Å². The maximum absolute atomic E-state index is 12.9. The average molecular weight is 422 g/mol. The first-order valence-corrected chi connectivity index (χ1v) is 11.9. The lowest BCUT2D eigenvalue weighted by Gasteiger charge is -2.38. The molecule has 0 radical (unpaired) electrons. The smallest absolute Gasteiger partial charge is 0.243 e. The monoisotopic (exact) mass is 421 g/mol. The lowest BCUT2D eigenvalue weighted by atomic mass is 9.82. The van der Waals surface area contributed by atoms with Crippen LogP contribution in [0.25, 0.3) is 0 Å². The largest absolute Gasteiger partial charge is 0.369 e. The van der Waals surface area contributed by atoms with Gasteiger partial charge in [-0.3, -0.25) is 9.59 Å². The van der Waals surface area contributed by atoms with Crippen molar-refractivity contribution in [1.82, 2.24) is 9.21 Å². The third-order valence-electron chi connectivity index (χ3n) is 6.45. The quantitative estimate of drug-likeness (QED) is 0.757. The Hall–Kier alpha value is -1.93. The van der Waals surface area contributed by atoms with E-state index < -0.39 is 10.0 Å². The second-order valence-electron chi connectivity index (χ2n) is 8.15. The van der Waals surface area contributed by atoms with Crippen molar-refractivity contribution in [2.24, 2.45) is 23.5 Å². The van der Waals surface area contributed by atoms with E-state index in [1.54, 1.807) is 34.6 Å². The standard InChI is InChI=1S/C21H31N3O4S/c1-2-16-15-24(29(27,28)19-6-4-3-5-7-19)13-10-18(16)14-20(25)23-11-8-17(9-12-23)21(22)26/h3-7,16-18H,2,8-15H2,1H3,(H2,22,26)/t16-,18-/m0/s1. The number of likely N-dealkylation sites (tertiary alicyclic amines) is 1. The van der Waals surface area contributed by atoms with Gasteiger partial charge in [0.05, 0.1) is 4.90 Å². The molecule has 1 aromatic carbocycles. The Balaban J connectivity index is 1.59. The number of sulfonamides is 1. The van der Waals surface area contributed by atoms with Crippen LogP contribution in [-0.2, 0) is 19.6 Å². The molecule has 0 aromatic heterocycles. The number of hydrogen-bond acceptors (Lipinski definition) is 4. The van der Waals surface area contributed by atoms with Gasteiger partial charge in [-0.1, -0.05) is 31.5 Å². The van der Waals surface area contributed by atoms with Crippen molar-refractivity contribution in [1.29, 1.82) is 0 Å². The lowest BCUT2D eigenvalue weighted by molar-refractivity contribution is -0.136. The van der Waals surface area contributed by atoms with Crippen LogP contribution in [0.5, 0.6) is 0 Å². The highest BCUT2D eigenvalue weighted by molar-refractivity contribution is 7.89. The summed E-state index contributed by atoms with van der Waals surface area (Å²) in [6.45, 7) is 4.10. The number of nitrogens with zero attached hydrogens (tertiary/aromatic N) is 2. The van der Waals surface area contributed by atoms with Crippen LogP contribution in [0.4, 0.5) is 0 Å². The Morgan fingerprint density at radius 2 is 1.69 bits per heavy atom. The average Bonchev–Trinajstić information content (AvgIpc) is 2.74. The minimum absolute atomic E-state index is 0.107. The topological polar surface area (TPSA) is 101 Å². The van der Waals surface area contributed by atoms with Crippen LogP contribution in [0.3, 0.4) is 0 Å². The van der Waals surface area contributed by atoms with E-state index in [1.807, 2.05) is 4.90 Å². The van der Waals surface area contributed by atoms with Crippen molar-refractivity contribution in [3.05, 3.63) is 30.3 Å². The molecule has 2 saturated heterocycles. The molecule has 2 amide bonds. The summed E-state index contributed by atoms with van der Waals surface area (Å²) in [4.78, 5) is 26.2. The molecule has 0 saturated carbocycles. The molecule has 0 spiro atoms. The molecule has 0 unspecified atom stereocenters. The number of carbonyl (C=O) groups excluding carboxylic acids is 2. The van der Waals surface area contributed by atoms with Gasteiger partial charge in [0.15, 0.2) is 0 Å². The first kappa shape index (κ1) is 21.8. The van der Waals surface area contributed by atoms with Crippen molar-refractivity contribution in [2.75, 3.05) is 26.2 Å². The maximum atomic E-state index is 12.9. The van der Waals surface area contributed by atoms with Crippen LogP contribution in [0.2, 0.25) is 0 Å². The normalized spacial score (nSPS) is 24.4. The summed E-state index contributed by atoms with van der Waals surface area (Å²) < 4.78 is 27.4. The molecule has 2 heterocycles. The van der Waals surface area contributed by atoms with Crippen LogP contribution < -0.4 is 5.73 Å². The first-order valence-electron chi connectivity index (χ1n) is 10.4. The van der Waals surface area contributed by atoms with Crippen LogP contribution in [0.15, 0.2) is 35.2 Å². The zero-order valence-corrected chi connectivity index (χ0v) is 17.8. The van der Waals surface area contributed by atoms with E-state index in [9.17, 15) is 18.0 Å². The van der Waals surface area contributed by atoms with Gasteiger partial charge in [-0.15, -0.1) is 0 Å². The number of nitrogens with two attached hydrogens (primary N) is 1. The molecule has 0 bridgehead atoms. The van der Waals surface area contributed by atoms with Crippen LogP contribution in [0, 0.1) is 17.8 Å². The Labute approximate surface area is 173 Å². The van der Waals surface area contributed by atoms with E-state index in [0.29, 0.717) is 56.8 Å². The summed E-state index contributed by atoms with van der Waals surface area (Å²) in [6.07, 6.45) is 3.23. The molecule has 3 rings (SSSR count). The van der Waals surface area contributed by atoms with Crippen molar-refractivity contribution in [3.63, 3.8) is 0 Å². The van der Waals surface area contributed by atoms with Crippen LogP contribution >= 0.6 is 0 Å². The second kappa shape index (κ2) is 9.26. The van der Waals surface area contributed by atoms with Crippen molar-refractivity contribution < 1.29 is 18.0 Å². The summed E-state index contributed by atoms with van der Waals surface area (Å²) in [5.41, 5.74) is 5.37. The summed E-state index contributed by atoms with van der Waals surface area (Å²) in [6, 6.07) is 8.52. The summed E-state index contributed by atoms with van der Waals surface area (Å²) >= 11 is 0. The Bertz CT molecular complexity index is 820. The SMILES string of the molecule is CC[C@H]1CN(S(=O)(=O)c2ccccc2)CC[C@H]1CC(=O)N1CCC(C(N)=O)CC1. The molecule has 8 heteroatoms. The summed E-state index contributed by atoms with van der Waals surface area (Å²) in [5, 5.41) is 0.